The van der Waals surface area contributed by atoms with Crippen molar-refractivity contribution in [2.75, 3.05) is 18.4 Å². The molecule has 0 radical (unpaired) electrons. The van der Waals surface area contributed by atoms with Crippen LogP contribution >= 0.6 is 11.3 Å². The van der Waals surface area contributed by atoms with E-state index in [4.69, 9.17) is 0 Å². The Balaban J connectivity index is 1.41. The van der Waals surface area contributed by atoms with Crippen molar-refractivity contribution >= 4 is 39.2 Å². The highest BCUT2D eigenvalue weighted by Gasteiger charge is 2.46. The molecule has 35 heavy (non-hydrogen) atoms. The second kappa shape index (κ2) is 9.84. The van der Waals surface area contributed by atoms with Gasteiger partial charge in [0.05, 0.1) is 22.5 Å². The summed E-state index contributed by atoms with van der Waals surface area (Å²) < 4.78 is 51.6. The number of hydrogen-bond donors (Lipinski definition) is 1. The fraction of sp³-hybridized carbons (Fsp3) is 0.435. The zero-order valence-corrected chi connectivity index (χ0v) is 19.8. The number of rotatable bonds is 8. The molecule has 0 aromatic carbocycles. The Bertz CT molecular complexity index is 1260. The molecule has 7 nitrogen and oxygen atoms in total. The van der Waals surface area contributed by atoms with Gasteiger partial charge in [-0.1, -0.05) is 0 Å². The number of alkyl halides is 3. The summed E-state index contributed by atoms with van der Waals surface area (Å²) >= 11 is 1.41. The van der Waals surface area contributed by atoms with Crippen molar-refractivity contribution in [1.82, 2.24) is 19.9 Å². The van der Waals surface area contributed by atoms with Crippen molar-refractivity contribution in [3.05, 3.63) is 46.5 Å². The van der Waals surface area contributed by atoms with Gasteiger partial charge >= 0.3 is 12.1 Å². The lowest BCUT2D eigenvalue weighted by molar-refractivity contribution is -0.191. The van der Waals surface area contributed by atoms with Crippen molar-refractivity contribution in [2.45, 2.75) is 45.3 Å². The molecule has 3 aromatic rings. The Morgan fingerprint density at radius 2 is 1.97 bits per heavy atom. The molecule has 1 atom stereocenters. The van der Waals surface area contributed by atoms with Crippen LogP contribution in [0, 0.1) is 18.7 Å². The number of halogens is 4. The Hall–Kier alpha value is -3.15. The van der Waals surface area contributed by atoms with E-state index in [1.807, 2.05) is 13.0 Å². The molecule has 1 N–H and O–H groups in total. The molecule has 0 saturated carbocycles. The number of aryl methyl sites for hydroxylation is 1. The summed E-state index contributed by atoms with van der Waals surface area (Å²) in [4.78, 5) is 38.8. The van der Waals surface area contributed by atoms with Crippen LogP contribution in [-0.2, 0) is 4.79 Å². The Labute approximate surface area is 202 Å². The molecule has 12 heteroatoms. The van der Waals surface area contributed by atoms with E-state index in [0.29, 0.717) is 28.6 Å². The van der Waals surface area contributed by atoms with Crippen LogP contribution in [0.25, 0.3) is 10.2 Å². The van der Waals surface area contributed by atoms with Crippen LogP contribution in [-0.4, -0.2) is 50.8 Å². The van der Waals surface area contributed by atoms with E-state index in [9.17, 15) is 27.2 Å². The number of pyridine rings is 1. The third-order valence-corrected chi connectivity index (χ3v) is 6.88. The molecule has 0 spiro atoms. The van der Waals surface area contributed by atoms with Gasteiger partial charge in [-0.15, -0.1) is 11.3 Å². The summed E-state index contributed by atoms with van der Waals surface area (Å²) in [5.74, 6) is -2.29. The van der Waals surface area contributed by atoms with E-state index in [1.54, 1.807) is 6.92 Å². The van der Waals surface area contributed by atoms with Crippen molar-refractivity contribution < 1.29 is 27.2 Å². The fourth-order valence-corrected chi connectivity index (χ4v) is 4.97. The number of carbonyl (C=O) groups is 2. The maximum atomic E-state index is 13.5. The van der Waals surface area contributed by atoms with E-state index >= 15 is 0 Å². The molecular formula is C23H23F4N5O2S. The zero-order chi connectivity index (χ0) is 25.3. The molecule has 4 heterocycles. The lowest BCUT2D eigenvalue weighted by Gasteiger charge is -2.39. The number of thiophene rings is 1. The number of Topliss-reactive ketones (excluding diaryl/α,β-unsaturated/α-hetero) is 1. The molecule has 0 bridgehead atoms. The van der Waals surface area contributed by atoms with Gasteiger partial charge in [-0.25, -0.2) is 14.4 Å². The van der Waals surface area contributed by atoms with Crippen LogP contribution in [0.15, 0.2) is 24.5 Å². The van der Waals surface area contributed by atoms with Crippen molar-refractivity contribution in [3.8, 4) is 0 Å². The van der Waals surface area contributed by atoms with E-state index < -0.39 is 17.9 Å². The van der Waals surface area contributed by atoms with Crippen molar-refractivity contribution in [1.29, 1.82) is 0 Å². The topological polar surface area (TPSA) is 88.1 Å². The largest absolute Gasteiger partial charge is 0.471 e. The second-order valence-corrected chi connectivity index (χ2v) is 9.92. The van der Waals surface area contributed by atoms with Crippen LogP contribution in [0.2, 0.25) is 0 Å². The third-order valence-electron chi connectivity index (χ3n) is 5.83. The van der Waals surface area contributed by atoms with Gasteiger partial charge in [0.1, 0.15) is 11.5 Å². The lowest BCUT2D eigenvalue weighted by Crippen LogP contribution is -2.54. The summed E-state index contributed by atoms with van der Waals surface area (Å²) in [5.41, 5.74) is 1.50. The zero-order valence-electron chi connectivity index (χ0n) is 19.0. The summed E-state index contributed by atoms with van der Waals surface area (Å²) in [5, 5.41) is 3.10. The average Bonchev–Trinajstić information content (AvgIpc) is 3.13. The van der Waals surface area contributed by atoms with Crippen LogP contribution < -0.4 is 5.32 Å². The minimum absolute atomic E-state index is 0.0509. The van der Waals surface area contributed by atoms with Gasteiger partial charge in [0, 0.05) is 30.6 Å². The molecule has 186 valence electrons. The third kappa shape index (κ3) is 5.75. The highest BCUT2D eigenvalue weighted by molar-refractivity contribution is 7.19. The first-order chi connectivity index (χ1) is 16.5. The standard InChI is InChI=1S/C23H23F4N5O2S/c1-12-6-17-20(35-12)19(31-22(30-17)29-13(2)15-7-16(24)9-28-8-15)18(33)5-3-4-14-10-32(11-14)21(34)23(25,26)27/h6-9,13-14H,3-5,10-11H2,1-2H3,(H,29,30,31)/t13-/m0/s1. The molecule has 0 unspecified atom stereocenters. The smallest absolute Gasteiger partial charge is 0.348 e. The molecule has 1 fully saturated rings. The molecule has 3 aromatic heterocycles. The number of likely N-dealkylation sites (tertiary alicyclic amines) is 1. The Morgan fingerprint density at radius 3 is 2.66 bits per heavy atom. The predicted molar refractivity (Wildman–Crippen MR) is 123 cm³/mol. The Morgan fingerprint density at radius 1 is 1.23 bits per heavy atom. The first kappa shape index (κ1) is 25.0. The van der Waals surface area contributed by atoms with Crippen LogP contribution in [0.5, 0.6) is 0 Å². The number of amides is 1. The molecule has 1 saturated heterocycles. The average molecular weight is 510 g/mol. The fourth-order valence-electron chi connectivity index (χ4n) is 4.01. The summed E-state index contributed by atoms with van der Waals surface area (Å²) in [6, 6.07) is 2.85. The normalized spacial score (nSPS) is 15.2. The quantitative estimate of drug-likeness (QED) is 0.337. The van der Waals surface area contributed by atoms with Gasteiger partial charge in [0.15, 0.2) is 5.78 Å². The minimum Gasteiger partial charge on any atom is -0.348 e. The number of carbonyl (C=O) groups excluding carboxylic acids is 2. The van der Waals surface area contributed by atoms with E-state index in [1.165, 1.54) is 23.6 Å². The number of aromatic nitrogens is 3. The first-order valence-electron chi connectivity index (χ1n) is 11.1. The molecule has 1 aliphatic rings. The lowest BCUT2D eigenvalue weighted by atomic mass is 9.93. The van der Waals surface area contributed by atoms with E-state index in [0.717, 1.165) is 16.0 Å². The van der Waals surface area contributed by atoms with Gasteiger partial charge < -0.3 is 10.2 Å². The summed E-state index contributed by atoms with van der Waals surface area (Å²) in [6.07, 6.45) is -1.02. The van der Waals surface area contributed by atoms with Crippen LogP contribution in [0.3, 0.4) is 0 Å². The molecule has 4 rings (SSSR count). The number of nitrogens with zero attached hydrogens (tertiary/aromatic N) is 4. The maximum absolute atomic E-state index is 13.5. The number of fused-ring (bicyclic) bond motifs is 1. The summed E-state index contributed by atoms with van der Waals surface area (Å²) in [6.45, 7) is 3.81. The second-order valence-electron chi connectivity index (χ2n) is 8.66. The van der Waals surface area contributed by atoms with Gasteiger partial charge in [-0.2, -0.15) is 13.2 Å². The van der Waals surface area contributed by atoms with Gasteiger partial charge in [-0.3, -0.25) is 14.6 Å². The van der Waals surface area contributed by atoms with Gasteiger partial charge in [-0.05, 0) is 50.3 Å². The SMILES string of the molecule is Cc1cc2nc(N[C@@H](C)c3cncc(F)c3)nc(C(=O)CCCC3CN(C(=O)C(F)(F)F)C3)c2s1. The van der Waals surface area contributed by atoms with Gasteiger partial charge in [0.2, 0.25) is 5.95 Å². The number of hydrogen-bond acceptors (Lipinski definition) is 7. The first-order valence-corrected chi connectivity index (χ1v) is 11.9. The maximum Gasteiger partial charge on any atom is 0.471 e. The highest BCUT2D eigenvalue weighted by atomic mass is 32.1. The molecule has 1 aliphatic heterocycles. The molecule has 0 aliphatic carbocycles. The van der Waals surface area contributed by atoms with Crippen molar-refractivity contribution in [2.24, 2.45) is 5.92 Å². The number of anilines is 1. The monoisotopic (exact) mass is 509 g/mol. The van der Waals surface area contributed by atoms with Crippen LogP contribution in [0.4, 0.5) is 23.5 Å². The Kier molecular flexibility index (Phi) is 7.02. The highest BCUT2D eigenvalue weighted by Crippen LogP contribution is 2.31. The van der Waals surface area contributed by atoms with Gasteiger partial charge in [0.25, 0.3) is 0 Å². The van der Waals surface area contributed by atoms with Crippen LogP contribution in [0.1, 0.15) is 53.2 Å². The van der Waals surface area contributed by atoms with E-state index in [-0.39, 0.29) is 48.9 Å². The van der Waals surface area contributed by atoms with E-state index in [2.05, 4.69) is 20.3 Å². The summed E-state index contributed by atoms with van der Waals surface area (Å²) in [7, 11) is 0. The molecular weight excluding hydrogens is 486 g/mol. The predicted octanol–water partition coefficient (Wildman–Crippen LogP) is 5.08. The number of nitrogens with one attached hydrogen (secondary N) is 1. The molecule has 1 amide bonds. The van der Waals surface area contributed by atoms with Crippen molar-refractivity contribution in [3.63, 3.8) is 0 Å². The number of ketones is 1. The minimum atomic E-state index is -4.85.